The smallest absolute Gasteiger partial charge is 0.221 e. The number of hydrogen-bond acceptors (Lipinski definition) is 5. The van der Waals surface area contributed by atoms with E-state index in [1.165, 1.54) is 14.0 Å². The van der Waals surface area contributed by atoms with Crippen LogP contribution >= 0.6 is 0 Å². The molecule has 1 amide bonds. The van der Waals surface area contributed by atoms with Gasteiger partial charge in [0.1, 0.15) is 17.2 Å². The van der Waals surface area contributed by atoms with Crippen molar-refractivity contribution in [2.75, 3.05) is 19.5 Å². The molecule has 120 valence electrons. The van der Waals surface area contributed by atoms with E-state index in [4.69, 9.17) is 9.47 Å². The van der Waals surface area contributed by atoms with Crippen molar-refractivity contribution in [3.05, 3.63) is 53.6 Å². The molecule has 0 bridgehead atoms. The van der Waals surface area contributed by atoms with E-state index in [9.17, 15) is 10.0 Å². The summed E-state index contributed by atoms with van der Waals surface area (Å²) in [7, 11) is 3.10. The summed E-state index contributed by atoms with van der Waals surface area (Å²) in [6, 6.07) is 12.2. The second-order valence-electron chi connectivity index (χ2n) is 4.77. The molecule has 2 N–H and O–H groups in total. The van der Waals surface area contributed by atoms with Crippen LogP contribution in [0.2, 0.25) is 0 Å². The van der Waals surface area contributed by atoms with Crippen LogP contribution in [0.1, 0.15) is 18.1 Å². The van der Waals surface area contributed by atoms with E-state index in [0.717, 1.165) is 0 Å². The predicted octanol–water partition coefficient (Wildman–Crippen LogP) is 2.89. The molecule has 2 aromatic rings. The van der Waals surface area contributed by atoms with Crippen LogP contribution in [-0.2, 0) is 4.79 Å². The van der Waals surface area contributed by atoms with E-state index in [2.05, 4.69) is 10.5 Å². The lowest BCUT2D eigenvalue weighted by molar-refractivity contribution is -0.114. The van der Waals surface area contributed by atoms with Gasteiger partial charge in [-0.25, -0.2) is 0 Å². The van der Waals surface area contributed by atoms with Gasteiger partial charge in [-0.1, -0.05) is 17.3 Å². The monoisotopic (exact) mass is 314 g/mol. The summed E-state index contributed by atoms with van der Waals surface area (Å²) in [5.74, 6) is 1.03. The van der Waals surface area contributed by atoms with Crippen LogP contribution in [0.25, 0.3) is 0 Å². The van der Waals surface area contributed by atoms with Gasteiger partial charge >= 0.3 is 0 Å². The molecule has 6 nitrogen and oxygen atoms in total. The van der Waals surface area contributed by atoms with Crippen molar-refractivity contribution < 1.29 is 19.5 Å². The number of carbonyl (C=O) groups is 1. The Hall–Kier alpha value is -3.02. The Labute approximate surface area is 134 Å². The van der Waals surface area contributed by atoms with Gasteiger partial charge in [-0.2, -0.15) is 0 Å². The van der Waals surface area contributed by atoms with E-state index >= 15 is 0 Å². The van der Waals surface area contributed by atoms with E-state index in [-0.39, 0.29) is 5.91 Å². The third-order valence-electron chi connectivity index (χ3n) is 3.24. The average Bonchev–Trinajstić information content (AvgIpc) is 2.56. The Balaban J connectivity index is 2.38. The van der Waals surface area contributed by atoms with Gasteiger partial charge in [-0.15, -0.1) is 0 Å². The zero-order valence-corrected chi connectivity index (χ0v) is 13.2. The zero-order valence-electron chi connectivity index (χ0n) is 13.2. The predicted molar refractivity (Wildman–Crippen MR) is 87.7 cm³/mol. The second-order valence-corrected chi connectivity index (χ2v) is 4.77. The summed E-state index contributed by atoms with van der Waals surface area (Å²) in [5, 5.41) is 15.5. The Morgan fingerprint density at radius 2 is 1.78 bits per heavy atom. The fourth-order valence-corrected chi connectivity index (χ4v) is 2.18. The highest BCUT2D eigenvalue weighted by Crippen LogP contribution is 2.27. The standard InChI is InChI=1S/C17H18N2O4/c1-11(20)18-13-6-4-12(5-7-13)17(19-21)15-9-8-14(22-2)10-16(15)23-3/h4-10,21H,1-3H3,(H,18,20)/b19-17+. The molecule has 6 heteroatoms. The number of methoxy groups -OCH3 is 2. The lowest BCUT2D eigenvalue weighted by Gasteiger charge is -2.12. The van der Waals surface area contributed by atoms with Crippen molar-refractivity contribution in [3.8, 4) is 11.5 Å². The number of ether oxygens (including phenoxy) is 2. The number of benzene rings is 2. The molecule has 2 rings (SSSR count). The van der Waals surface area contributed by atoms with E-state index < -0.39 is 0 Å². The largest absolute Gasteiger partial charge is 0.497 e. The molecule has 0 aromatic heterocycles. The van der Waals surface area contributed by atoms with Crippen molar-refractivity contribution in [2.24, 2.45) is 5.16 Å². The summed E-state index contributed by atoms with van der Waals surface area (Å²) in [5.41, 5.74) is 2.34. The molecular formula is C17H18N2O4. The first-order chi connectivity index (χ1) is 11.1. The molecule has 0 heterocycles. The number of nitrogens with zero attached hydrogens (tertiary/aromatic N) is 1. The van der Waals surface area contributed by atoms with Crippen LogP contribution in [-0.4, -0.2) is 31.0 Å². The van der Waals surface area contributed by atoms with Crippen LogP contribution < -0.4 is 14.8 Å². The summed E-state index contributed by atoms with van der Waals surface area (Å²) < 4.78 is 10.5. The van der Waals surface area contributed by atoms with Gasteiger partial charge in [-0.05, 0) is 24.3 Å². The number of nitrogens with one attached hydrogen (secondary N) is 1. The Kier molecular flexibility index (Phi) is 5.19. The maximum absolute atomic E-state index is 11.1. The molecule has 23 heavy (non-hydrogen) atoms. The van der Waals surface area contributed by atoms with Crippen molar-refractivity contribution in [2.45, 2.75) is 6.92 Å². The van der Waals surface area contributed by atoms with Gasteiger partial charge in [0.15, 0.2) is 0 Å². The molecule has 0 unspecified atom stereocenters. The summed E-state index contributed by atoms with van der Waals surface area (Å²) in [6.45, 7) is 1.44. The Morgan fingerprint density at radius 1 is 1.09 bits per heavy atom. The molecule has 0 aliphatic rings. The first-order valence-corrected chi connectivity index (χ1v) is 6.91. The minimum absolute atomic E-state index is 0.148. The summed E-state index contributed by atoms with van der Waals surface area (Å²) in [4.78, 5) is 11.1. The van der Waals surface area contributed by atoms with Crippen LogP contribution in [0.3, 0.4) is 0 Å². The molecule has 0 atom stereocenters. The minimum Gasteiger partial charge on any atom is -0.497 e. The van der Waals surface area contributed by atoms with Crippen LogP contribution in [0.15, 0.2) is 47.6 Å². The summed E-state index contributed by atoms with van der Waals surface area (Å²) >= 11 is 0. The average molecular weight is 314 g/mol. The first-order valence-electron chi connectivity index (χ1n) is 6.91. The lowest BCUT2D eigenvalue weighted by atomic mass is 10.0. The SMILES string of the molecule is COc1ccc(/C(=N/O)c2ccc(NC(C)=O)cc2)c(OC)c1. The van der Waals surface area contributed by atoms with Crippen LogP contribution in [0, 0.1) is 0 Å². The molecule has 0 spiro atoms. The third kappa shape index (κ3) is 3.79. The number of amides is 1. The van der Waals surface area contributed by atoms with Gasteiger partial charge in [0.2, 0.25) is 5.91 Å². The van der Waals surface area contributed by atoms with Crippen molar-refractivity contribution >= 4 is 17.3 Å². The number of oxime groups is 1. The molecule has 0 fully saturated rings. The van der Waals surface area contributed by atoms with Crippen molar-refractivity contribution in [1.29, 1.82) is 0 Å². The van der Waals surface area contributed by atoms with Gasteiger partial charge in [0, 0.05) is 29.8 Å². The quantitative estimate of drug-likeness (QED) is 0.505. The lowest BCUT2D eigenvalue weighted by Crippen LogP contribution is -2.08. The van der Waals surface area contributed by atoms with Crippen LogP contribution in [0.5, 0.6) is 11.5 Å². The molecule has 0 aliphatic heterocycles. The number of carbonyl (C=O) groups excluding carboxylic acids is 1. The molecular weight excluding hydrogens is 296 g/mol. The third-order valence-corrected chi connectivity index (χ3v) is 3.24. The normalized spacial score (nSPS) is 11.0. The number of hydrogen-bond donors (Lipinski definition) is 2. The fourth-order valence-electron chi connectivity index (χ4n) is 2.18. The van der Waals surface area contributed by atoms with Crippen LogP contribution in [0.4, 0.5) is 5.69 Å². The highest BCUT2D eigenvalue weighted by Gasteiger charge is 2.14. The maximum atomic E-state index is 11.1. The minimum atomic E-state index is -0.148. The highest BCUT2D eigenvalue weighted by molar-refractivity contribution is 6.14. The number of rotatable bonds is 5. The van der Waals surface area contributed by atoms with Gasteiger partial charge < -0.3 is 20.0 Å². The van der Waals surface area contributed by atoms with Gasteiger partial charge in [0.25, 0.3) is 0 Å². The van der Waals surface area contributed by atoms with E-state index in [1.807, 2.05) is 0 Å². The van der Waals surface area contributed by atoms with E-state index in [0.29, 0.717) is 34.0 Å². The van der Waals surface area contributed by atoms with Gasteiger partial charge in [-0.3, -0.25) is 4.79 Å². The number of anilines is 1. The fraction of sp³-hybridized carbons (Fsp3) is 0.176. The topological polar surface area (TPSA) is 80.2 Å². The summed E-state index contributed by atoms with van der Waals surface area (Å²) in [6.07, 6.45) is 0. The van der Waals surface area contributed by atoms with E-state index in [1.54, 1.807) is 49.6 Å². The zero-order chi connectivity index (χ0) is 16.8. The Bertz CT molecular complexity index is 724. The molecule has 0 saturated heterocycles. The Morgan fingerprint density at radius 3 is 2.30 bits per heavy atom. The first kappa shape index (κ1) is 16.4. The van der Waals surface area contributed by atoms with Crippen molar-refractivity contribution in [3.63, 3.8) is 0 Å². The van der Waals surface area contributed by atoms with Crippen molar-refractivity contribution in [1.82, 2.24) is 0 Å². The maximum Gasteiger partial charge on any atom is 0.221 e. The van der Waals surface area contributed by atoms with Gasteiger partial charge in [0.05, 0.1) is 14.2 Å². The molecule has 0 aliphatic carbocycles. The molecule has 0 saturated carbocycles. The molecule has 2 aromatic carbocycles. The molecule has 0 radical (unpaired) electrons. The second kappa shape index (κ2) is 7.31. The highest BCUT2D eigenvalue weighted by atomic mass is 16.5.